The van der Waals surface area contributed by atoms with Gasteiger partial charge in [0.2, 0.25) is 0 Å². The van der Waals surface area contributed by atoms with Crippen molar-refractivity contribution in [3.63, 3.8) is 0 Å². The zero-order valence-corrected chi connectivity index (χ0v) is 10.8. The summed E-state index contributed by atoms with van der Waals surface area (Å²) in [5.41, 5.74) is 0.745. The molecule has 0 fully saturated rings. The highest BCUT2D eigenvalue weighted by molar-refractivity contribution is 8.31. The number of alkyl halides is 3. The Morgan fingerprint density at radius 2 is 1.68 bits per heavy atom. The zero-order chi connectivity index (χ0) is 14.5. The second kappa shape index (κ2) is 5.77. The first kappa shape index (κ1) is 15.1. The first-order chi connectivity index (χ1) is 8.84. The maximum absolute atomic E-state index is 12.0. The number of hydrogen-bond donors (Lipinski definition) is 0. The van der Waals surface area contributed by atoms with Crippen LogP contribution in [0.3, 0.4) is 0 Å². The second-order valence-corrected chi connectivity index (χ2v) is 6.06. The van der Waals surface area contributed by atoms with Gasteiger partial charge in [0.05, 0.1) is 0 Å². The van der Waals surface area contributed by atoms with Crippen LogP contribution in [0, 0.1) is 11.7 Å². The van der Waals surface area contributed by atoms with Gasteiger partial charge in [0, 0.05) is 5.75 Å². The van der Waals surface area contributed by atoms with Gasteiger partial charge in [0.25, 0.3) is 0 Å². The van der Waals surface area contributed by atoms with E-state index < -0.39 is 15.6 Å². The molecule has 0 atom stereocenters. The number of rotatable bonds is 3. The topological polar surface area (TPSA) is 9.23 Å². The lowest BCUT2D eigenvalue weighted by Crippen LogP contribution is -2.17. The number of benzene rings is 1. The van der Waals surface area contributed by atoms with Crippen LogP contribution < -0.4 is 4.74 Å². The average molecular weight is 284 g/mol. The largest absolute Gasteiger partial charge is 0.573 e. The summed E-state index contributed by atoms with van der Waals surface area (Å²) in [5.74, 6) is 0.116. The Bertz CT molecular complexity index is 638. The molecule has 0 saturated heterocycles. The molecule has 0 N–H and O–H groups in total. The molecule has 0 radical (unpaired) electrons. The molecule has 0 heterocycles. The fourth-order valence-electron chi connectivity index (χ4n) is 1.32. The summed E-state index contributed by atoms with van der Waals surface area (Å²) in [4.78, 5) is 0. The van der Waals surface area contributed by atoms with Crippen LogP contribution in [0.15, 0.2) is 37.4 Å². The van der Waals surface area contributed by atoms with E-state index in [-0.39, 0.29) is 5.75 Å². The number of halogens is 3. The van der Waals surface area contributed by atoms with Crippen LogP contribution >= 0.6 is 9.21 Å². The first-order valence-corrected chi connectivity index (χ1v) is 6.85. The Labute approximate surface area is 110 Å². The van der Waals surface area contributed by atoms with Crippen LogP contribution in [0.5, 0.6) is 5.75 Å². The van der Waals surface area contributed by atoms with Gasteiger partial charge in [-0.25, -0.2) is 0 Å². The van der Waals surface area contributed by atoms with Crippen molar-refractivity contribution >= 4 is 19.3 Å². The van der Waals surface area contributed by atoms with E-state index in [1.54, 1.807) is 0 Å². The monoisotopic (exact) mass is 284 g/mol. The summed E-state index contributed by atoms with van der Waals surface area (Å²) < 4.78 is 39.8. The molecule has 1 aromatic rings. The molecule has 0 saturated carbocycles. The lowest BCUT2D eigenvalue weighted by molar-refractivity contribution is -0.274. The van der Waals surface area contributed by atoms with Crippen LogP contribution in [0.2, 0.25) is 0 Å². The van der Waals surface area contributed by atoms with Crippen LogP contribution in [0.4, 0.5) is 13.2 Å². The highest BCUT2D eigenvalue weighted by Crippen LogP contribution is 2.27. The van der Waals surface area contributed by atoms with E-state index in [0.717, 1.165) is 5.56 Å². The van der Waals surface area contributed by atoms with Crippen LogP contribution in [0.25, 0.3) is 0 Å². The predicted molar refractivity (Wildman–Crippen MR) is 74.5 cm³/mol. The van der Waals surface area contributed by atoms with Crippen LogP contribution in [0.1, 0.15) is 5.56 Å². The Morgan fingerprint density at radius 1 is 1.16 bits per heavy atom. The summed E-state index contributed by atoms with van der Waals surface area (Å²) in [7, 11) is -1.87. The lowest BCUT2D eigenvalue weighted by Gasteiger charge is -2.10. The van der Waals surface area contributed by atoms with E-state index in [2.05, 4.69) is 33.2 Å². The van der Waals surface area contributed by atoms with E-state index in [1.165, 1.54) is 24.3 Å². The highest BCUT2D eigenvalue weighted by Gasteiger charge is 2.30. The molecule has 1 aromatic carbocycles. The van der Waals surface area contributed by atoms with Crippen molar-refractivity contribution in [3.05, 3.63) is 43.0 Å². The minimum Gasteiger partial charge on any atom is -0.406 e. The van der Waals surface area contributed by atoms with Crippen molar-refractivity contribution in [2.45, 2.75) is 12.1 Å². The third-order valence-electron chi connectivity index (χ3n) is 2.23. The molecule has 0 amide bonds. The molecule has 0 spiro atoms. The van der Waals surface area contributed by atoms with Gasteiger partial charge in [-0.2, -0.15) is 0 Å². The molecule has 0 bridgehead atoms. The van der Waals surface area contributed by atoms with Crippen molar-refractivity contribution in [2.75, 3.05) is 0 Å². The molecule has 0 unspecified atom stereocenters. The summed E-state index contributed by atoms with van der Waals surface area (Å²) in [6, 6.07) is 5.48. The number of terminal acetylenes is 1. The maximum atomic E-state index is 12.0. The van der Waals surface area contributed by atoms with Gasteiger partial charge < -0.3 is 4.74 Å². The summed E-state index contributed by atoms with van der Waals surface area (Å²) in [6.07, 6.45) is 0.703. The molecule has 100 valence electrons. The molecule has 1 rings (SSSR count). The van der Waals surface area contributed by atoms with Crippen LogP contribution in [-0.4, -0.2) is 16.4 Å². The fraction of sp³-hybridized carbons (Fsp3) is 0.143. The van der Waals surface area contributed by atoms with E-state index in [0.29, 0.717) is 5.75 Å². The van der Waals surface area contributed by atoms with E-state index in [1.807, 2.05) is 0 Å². The molecular weight excluding hydrogens is 273 g/mol. The summed E-state index contributed by atoms with van der Waals surface area (Å²) in [6.45, 7) is 7.06. The predicted octanol–water partition coefficient (Wildman–Crippen LogP) is 3.65. The quantitative estimate of drug-likeness (QED) is 0.608. The van der Waals surface area contributed by atoms with Gasteiger partial charge in [-0.15, -0.1) is 19.6 Å². The fourth-order valence-corrected chi connectivity index (χ4v) is 2.56. The second-order valence-electron chi connectivity index (χ2n) is 3.48. The Hall–Kier alpha value is -1.98. The molecule has 5 heteroatoms. The van der Waals surface area contributed by atoms with Crippen molar-refractivity contribution in [3.8, 4) is 17.4 Å². The Kier molecular flexibility index (Phi) is 4.58. The van der Waals surface area contributed by atoms with Gasteiger partial charge in [0.1, 0.15) is 5.75 Å². The van der Waals surface area contributed by atoms with Crippen molar-refractivity contribution < 1.29 is 17.9 Å². The SMILES string of the molecule is C#CS(=C=C)(=C=C)Cc1ccc(OC(F)(F)F)cc1. The smallest absolute Gasteiger partial charge is 0.406 e. The Morgan fingerprint density at radius 3 is 2.05 bits per heavy atom. The molecule has 0 aromatic heterocycles. The van der Waals surface area contributed by atoms with Gasteiger partial charge in [0.15, 0.2) is 0 Å². The lowest BCUT2D eigenvalue weighted by atomic mass is 10.2. The third-order valence-corrected chi connectivity index (χ3v) is 4.39. The molecule has 19 heavy (non-hydrogen) atoms. The first-order valence-electron chi connectivity index (χ1n) is 5.05. The normalized spacial score (nSPS) is 11.1. The van der Waals surface area contributed by atoms with Crippen LogP contribution in [-0.2, 0) is 5.75 Å². The number of ether oxygens (including phenoxy) is 1. The molecule has 1 nitrogen and oxygen atoms in total. The van der Waals surface area contributed by atoms with Crippen molar-refractivity contribution in [1.29, 1.82) is 0 Å². The average Bonchev–Trinajstić information content (AvgIpc) is 2.37. The summed E-state index contributed by atoms with van der Waals surface area (Å²) in [5, 5.41) is 8.00. The minimum absolute atomic E-state index is 0.275. The molecular formula is C14H11F3OS. The van der Waals surface area contributed by atoms with Crippen molar-refractivity contribution in [2.24, 2.45) is 0 Å². The van der Waals surface area contributed by atoms with Gasteiger partial charge in [-0.3, -0.25) is 0 Å². The van der Waals surface area contributed by atoms with Crippen molar-refractivity contribution in [1.82, 2.24) is 0 Å². The zero-order valence-electron chi connectivity index (χ0n) is 9.96. The van der Waals surface area contributed by atoms with E-state index in [9.17, 15) is 13.2 Å². The molecule has 0 aliphatic heterocycles. The molecule has 0 aliphatic rings. The maximum Gasteiger partial charge on any atom is 0.573 e. The van der Waals surface area contributed by atoms with E-state index >= 15 is 0 Å². The van der Waals surface area contributed by atoms with Gasteiger partial charge in [-0.1, -0.05) is 31.4 Å². The van der Waals surface area contributed by atoms with Gasteiger partial charge >= 0.3 is 6.36 Å². The standard InChI is InChI=1S/C14H11F3OS/c1-4-19(5-2,6-3)11-12-7-9-13(10-8-12)18-14(15,16)17/h1,7-10H,2-3,11H2. The number of hydrogen-bond acceptors (Lipinski definition) is 1. The highest BCUT2D eigenvalue weighted by atomic mass is 32.2. The third kappa shape index (κ3) is 4.31. The van der Waals surface area contributed by atoms with E-state index in [4.69, 9.17) is 6.42 Å². The minimum atomic E-state index is -4.70. The van der Waals surface area contributed by atoms with Gasteiger partial charge in [-0.05, 0) is 36.1 Å². The summed E-state index contributed by atoms with van der Waals surface area (Å²) >= 11 is 0. The Balaban J connectivity index is 3.00. The molecule has 0 aliphatic carbocycles.